The summed E-state index contributed by atoms with van der Waals surface area (Å²) < 4.78 is 686. The molecular formula is C85H105N5O5. The van der Waals surface area contributed by atoms with Crippen LogP contribution in [0.25, 0.3) is 0 Å². The van der Waals surface area contributed by atoms with Crippen molar-refractivity contribution in [1.29, 1.82) is 0 Å². The van der Waals surface area contributed by atoms with Gasteiger partial charge >= 0.3 is 0 Å². The molecule has 0 aliphatic rings. The zero-order valence-corrected chi connectivity index (χ0v) is 48.6. The highest BCUT2D eigenvalue weighted by atomic mass is 16.5. The van der Waals surface area contributed by atoms with E-state index in [-0.39, 0.29) is 13.0 Å². The number of rotatable bonds is 30. The molecule has 0 aliphatic carbocycles. The van der Waals surface area contributed by atoms with E-state index in [1.54, 1.807) is 5.32 Å². The highest BCUT2D eigenvalue weighted by molar-refractivity contribution is 5.37. The van der Waals surface area contributed by atoms with Gasteiger partial charge in [-0.05, 0) is 188 Å². The van der Waals surface area contributed by atoms with Gasteiger partial charge < -0.3 is 50.3 Å². The molecule has 0 spiro atoms. The average Bonchev–Trinajstić information content (AvgIpc) is 0.733. The fourth-order valence-corrected chi connectivity index (χ4v) is 6.41. The third-order valence-corrected chi connectivity index (χ3v) is 10.5. The normalized spacial score (nSPS) is 27.1. The van der Waals surface area contributed by atoms with Crippen molar-refractivity contribution in [1.82, 2.24) is 26.6 Å². The van der Waals surface area contributed by atoms with Crippen LogP contribution in [0.1, 0.15) is 233 Å². The molecule has 0 saturated heterocycles. The second-order valence-electron chi connectivity index (χ2n) is 16.8. The number of ether oxygens (including phenoxy) is 5. The van der Waals surface area contributed by atoms with Crippen LogP contribution in [0, 0.1) is 34.3 Å². The fourth-order valence-electron chi connectivity index (χ4n) is 6.41. The molecule has 500 valence electrons. The Morgan fingerprint density at radius 1 is 0.284 bits per heavy atom. The predicted octanol–water partition coefficient (Wildman–Crippen LogP) is 18.6. The van der Waals surface area contributed by atoms with Crippen molar-refractivity contribution in [3.8, 4) is 28.7 Å². The first-order valence-electron chi connectivity index (χ1n) is 68.3. The summed E-state index contributed by atoms with van der Waals surface area (Å²) in [7, 11) is 0. The molecule has 0 fully saturated rings. The van der Waals surface area contributed by atoms with Crippen molar-refractivity contribution in [3.05, 3.63) is 328 Å². The molecule has 0 heterocycles. The summed E-state index contributed by atoms with van der Waals surface area (Å²) in [5, 5.41) is 9.27. The SMILES string of the molecule is [2H]c1c([2H])c([2H])c(C(CC([2H])([2H])NC([2H])([2H])[2H])Oc2c([2H])c([2H])c([2H])c([2H])c2C([2H])([2H])[2H])c([2H])c1[2H].[2H]c1c([2H])c([2H])c(C(CCNC([2H])([2H])[2H])Oc2c([2H])c([2H])c([2H])c([2H])c2C([2H])([2H])[2H])c([2H])c1[2H].[2H]c1c([2H])c([2H])c(C(Oc2c([2H])c([2H])c([2H])c([2H])c2C([2H])([2H])[2H])C([2H])([2H])C([2H])([2H])NC([2H])([2H])[2H])c([2H])c1[2H].[2H]c1c([2H])c([2H])c(C(Oc2c([2H])c([2H])c([2H])c([2H])c2C([2H])([2H])[2H])C([2H])([2H])CNC([2H])([2H])[2H])c([2H])c1[2H].[2H]c1c([2H])c([2H])c(C([2H])(CCNC([2H])([2H])[2H])Oc2c([2H])c([2H])c([2H])c([2H])c2C([2H])([2H])[2H])c([2H])c1[2H]. The maximum Gasteiger partial charge on any atom is 0.125 e. The second kappa shape index (κ2) is 44.6. The van der Waals surface area contributed by atoms with Gasteiger partial charge in [0.1, 0.15) is 59.2 Å². The maximum absolute atomic E-state index is 8.89. The van der Waals surface area contributed by atoms with Crippen LogP contribution in [0.5, 0.6) is 28.7 Å². The molecule has 5 atom stereocenters. The van der Waals surface area contributed by atoms with Crippen molar-refractivity contribution in [2.24, 2.45) is 0 Å². The standard InChI is InChI=1S/5C17H21NO/c5*1-14-8-6-7-11-16(14)19-17(12-13-18-2)15-9-4-3-5-10-15/h5*3-11,17-18H,12-13H2,1-2H3/i1D3,2D3,3D,4D,5D,6D,7D,8D,9D,10D,11D,12D2,13D2;1D3,2D3,3D,4D,5D,6D,7D,8D,9D,10D,11D,17D;1D3,2D3,3D,4D,5D,6D,7D,8D,9D,10D,11D,13D2;1D3,2D3,3D,4D,5D,6D,7D,8D,9D,10D,11D,12D2;1D3,2D3,3D,4D,5D,6D,7D,8D,9D,10D,11D. The smallest absolute Gasteiger partial charge is 0.125 e. The minimum Gasteiger partial charge on any atom is -0.485 e. The van der Waals surface area contributed by atoms with E-state index in [0.717, 1.165) is 0 Å². The van der Waals surface area contributed by atoms with E-state index in [2.05, 4.69) is 10.6 Å². The molecule has 0 saturated carbocycles. The van der Waals surface area contributed by atoms with Crippen LogP contribution in [-0.4, -0.2) is 67.5 Å². The summed E-state index contributed by atoms with van der Waals surface area (Å²) >= 11 is 0. The van der Waals surface area contributed by atoms with E-state index in [0.29, 0.717) is 0 Å². The van der Waals surface area contributed by atoms with E-state index < -0.39 is 508 Å². The lowest BCUT2D eigenvalue weighted by atomic mass is 10.1. The van der Waals surface area contributed by atoms with Crippen LogP contribution in [0.2, 0.25) is 0 Å². The first-order chi connectivity index (χ1) is 80.3. The Bertz CT molecular complexity index is 7790. The molecule has 0 amide bonds. The third kappa shape index (κ3) is 27.5. The second-order valence-corrected chi connectivity index (χ2v) is 16.8. The van der Waals surface area contributed by atoms with Gasteiger partial charge in [-0.15, -0.1) is 0 Å². The Labute approximate surface area is 687 Å². The molecule has 0 aromatic heterocycles. The van der Waals surface area contributed by atoms with Gasteiger partial charge in [0.2, 0.25) is 0 Å². The Balaban J connectivity index is 0.000000338. The van der Waals surface area contributed by atoms with Crippen LogP contribution in [-0.2, 0) is 0 Å². The van der Waals surface area contributed by atoms with Crippen molar-refractivity contribution in [3.63, 3.8) is 0 Å². The Morgan fingerprint density at radius 2 is 0.568 bits per heavy atom. The molecule has 0 bridgehead atoms. The Hall–Kier alpha value is -9.00. The van der Waals surface area contributed by atoms with E-state index >= 15 is 0 Å². The largest absolute Gasteiger partial charge is 0.485 e. The van der Waals surface area contributed by atoms with Gasteiger partial charge in [-0.25, -0.2) is 0 Å². The summed E-state index contributed by atoms with van der Waals surface area (Å²) in [5.74, 6) is -4.96. The van der Waals surface area contributed by atoms with Gasteiger partial charge in [0.15, 0.2) is 0 Å². The molecule has 0 radical (unpaired) electrons. The molecule has 0 aliphatic heterocycles. The molecule has 95 heavy (non-hydrogen) atoms. The summed E-state index contributed by atoms with van der Waals surface area (Å²) in [5.41, 5.74) is -8.68. The monoisotopic (exact) mass is 1360 g/mol. The van der Waals surface area contributed by atoms with Crippen LogP contribution in [0.15, 0.2) is 272 Å². The summed E-state index contributed by atoms with van der Waals surface area (Å²) in [4.78, 5) is 0. The lowest BCUT2D eigenvalue weighted by Crippen LogP contribution is -2.16. The predicted molar refractivity (Wildman–Crippen MR) is 398 cm³/mol. The van der Waals surface area contributed by atoms with Gasteiger partial charge in [0, 0.05) is 84.1 Å². The quantitative estimate of drug-likeness (QED) is 0.0299. The maximum atomic E-state index is 8.89. The molecule has 10 nitrogen and oxygen atoms in total. The number of hydrogen-bond donors (Lipinski definition) is 5. The third-order valence-electron chi connectivity index (χ3n) is 10.5. The minimum absolute atomic E-state index is 0.322. The number of nitrogens with one attached hydrogen (secondary N) is 5. The average molecular weight is 1360 g/mol. The zero-order valence-electron chi connectivity index (χ0n) is 133. The first kappa shape index (κ1) is 20.3. The first-order valence-corrected chi connectivity index (χ1v) is 26.3. The highest BCUT2D eigenvalue weighted by Crippen LogP contribution is 2.32. The molecule has 10 rings (SSSR count). The van der Waals surface area contributed by atoms with Crippen molar-refractivity contribution in [2.45, 2.75) is 96.8 Å². The summed E-state index contributed by atoms with van der Waals surface area (Å²) in [6, 6.07) is -40.4. The van der Waals surface area contributed by atoms with Gasteiger partial charge in [-0.3, -0.25) is 0 Å². The van der Waals surface area contributed by atoms with Crippen LogP contribution < -0.4 is 50.3 Å². The van der Waals surface area contributed by atoms with E-state index in [9.17, 15) is 0 Å². The summed E-state index contributed by atoms with van der Waals surface area (Å²) in [6.45, 7) is -38.7. The zero-order chi connectivity index (χ0) is 140. The topological polar surface area (TPSA) is 106 Å². The number of para-hydroxylation sites is 5. The van der Waals surface area contributed by atoms with E-state index in [4.69, 9.17) is 139 Å². The molecule has 10 heteroatoms. The lowest BCUT2D eigenvalue weighted by molar-refractivity contribution is 0.193. The minimum atomic E-state index is -3.68. The Morgan fingerprint density at radius 3 is 0.947 bits per heavy atom. The van der Waals surface area contributed by atoms with Crippen LogP contribution >= 0.6 is 0 Å². The highest BCUT2D eigenvalue weighted by Gasteiger charge is 2.18. The lowest BCUT2D eigenvalue weighted by Gasteiger charge is -2.20. The van der Waals surface area contributed by atoms with Gasteiger partial charge in [0.25, 0.3) is 0 Å². The molecule has 5 N–H and O–H groups in total. The number of hydrogen-bond acceptors (Lipinski definition) is 10. The molecule has 5 unspecified atom stereocenters. The van der Waals surface area contributed by atoms with Crippen molar-refractivity contribution in [2.75, 3.05) is 67.5 Å². The fraction of sp³-hybridized carbons (Fsp3) is 0.294. The molecule has 10 aromatic carbocycles. The molecular weight excluding hydrogens is 1170 g/mol. The van der Waals surface area contributed by atoms with Gasteiger partial charge in [0.05, 0.1) is 63.1 Å². The van der Waals surface area contributed by atoms with Crippen LogP contribution in [0.4, 0.5) is 0 Å². The van der Waals surface area contributed by atoms with Crippen LogP contribution in [0.3, 0.4) is 0 Å². The molecule has 10 aromatic rings. The van der Waals surface area contributed by atoms with E-state index in [1.807, 2.05) is 5.32 Å². The summed E-state index contributed by atoms with van der Waals surface area (Å²) in [6.07, 6.45) is -20.0. The van der Waals surface area contributed by atoms with E-state index in [1.165, 1.54) is 5.32 Å². The van der Waals surface area contributed by atoms with Gasteiger partial charge in [-0.2, -0.15) is 0 Å². The van der Waals surface area contributed by atoms with Gasteiger partial charge in [-0.1, -0.05) is 242 Å². The number of benzene rings is 10. The van der Waals surface area contributed by atoms with Crippen molar-refractivity contribution >= 4 is 0 Å². The van der Waals surface area contributed by atoms with Crippen molar-refractivity contribution < 1.29 is 139 Å². The Kier molecular flexibility index (Phi) is 9.52.